The third-order valence-corrected chi connectivity index (χ3v) is 5.40. The predicted octanol–water partition coefficient (Wildman–Crippen LogP) is 1.93. The monoisotopic (exact) mass is 369 g/mol. The number of nitrogens with one attached hydrogen (secondary N) is 1. The van der Waals surface area contributed by atoms with Gasteiger partial charge in [0.25, 0.3) is 11.8 Å². The SMILES string of the molecule is O=C1NC(=O)N(C2CCCC2)C(=O)C1=Cc1ccc(N2CCOCC2)cc1. The van der Waals surface area contributed by atoms with Crippen LogP contribution < -0.4 is 10.2 Å². The van der Waals surface area contributed by atoms with Gasteiger partial charge in [0.05, 0.1) is 13.2 Å². The van der Waals surface area contributed by atoms with Crippen molar-refractivity contribution in [2.75, 3.05) is 31.2 Å². The number of nitrogens with zero attached hydrogens (tertiary/aromatic N) is 2. The summed E-state index contributed by atoms with van der Waals surface area (Å²) in [7, 11) is 0. The highest BCUT2D eigenvalue weighted by Crippen LogP contribution is 2.27. The Morgan fingerprint density at radius 2 is 1.67 bits per heavy atom. The molecule has 142 valence electrons. The lowest BCUT2D eigenvalue weighted by atomic mass is 10.0. The zero-order chi connectivity index (χ0) is 18.8. The van der Waals surface area contributed by atoms with Crippen LogP contribution in [0.1, 0.15) is 31.2 Å². The number of rotatable bonds is 3. The minimum Gasteiger partial charge on any atom is -0.378 e. The molecular weight excluding hydrogens is 346 g/mol. The van der Waals surface area contributed by atoms with Crippen molar-refractivity contribution in [2.45, 2.75) is 31.7 Å². The second-order valence-electron chi connectivity index (χ2n) is 7.12. The van der Waals surface area contributed by atoms with Crippen LogP contribution in [0.25, 0.3) is 6.08 Å². The number of carbonyl (C=O) groups excluding carboxylic acids is 3. The van der Waals surface area contributed by atoms with Crippen LogP contribution in [0.5, 0.6) is 0 Å². The lowest BCUT2D eigenvalue weighted by molar-refractivity contribution is -0.131. The van der Waals surface area contributed by atoms with E-state index >= 15 is 0 Å². The fourth-order valence-corrected chi connectivity index (χ4v) is 3.93. The highest BCUT2D eigenvalue weighted by molar-refractivity contribution is 6.31. The van der Waals surface area contributed by atoms with Crippen LogP contribution >= 0.6 is 0 Å². The van der Waals surface area contributed by atoms with Crippen molar-refractivity contribution in [3.63, 3.8) is 0 Å². The average molecular weight is 369 g/mol. The van der Waals surface area contributed by atoms with Crippen LogP contribution in [-0.4, -0.2) is 55.1 Å². The smallest absolute Gasteiger partial charge is 0.331 e. The number of morpholine rings is 1. The first-order valence-electron chi connectivity index (χ1n) is 9.47. The summed E-state index contributed by atoms with van der Waals surface area (Å²) in [6.07, 6.45) is 5.16. The van der Waals surface area contributed by atoms with E-state index in [-0.39, 0.29) is 11.6 Å². The fraction of sp³-hybridized carbons (Fsp3) is 0.450. The van der Waals surface area contributed by atoms with Crippen molar-refractivity contribution in [3.05, 3.63) is 35.4 Å². The maximum atomic E-state index is 12.8. The summed E-state index contributed by atoms with van der Waals surface area (Å²) in [4.78, 5) is 40.6. The summed E-state index contributed by atoms with van der Waals surface area (Å²) in [6, 6.07) is 7.00. The summed E-state index contributed by atoms with van der Waals surface area (Å²) >= 11 is 0. The van der Waals surface area contributed by atoms with Gasteiger partial charge in [-0.05, 0) is 36.6 Å². The summed E-state index contributed by atoms with van der Waals surface area (Å²) < 4.78 is 5.36. The average Bonchev–Trinajstić information content (AvgIpc) is 3.20. The summed E-state index contributed by atoms with van der Waals surface area (Å²) in [5.74, 6) is -1.12. The van der Waals surface area contributed by atoms with E-state index in [0.29, 0.717) is 13.2 Å². The first-order valence-corrected chi connectivity index (χ1v) is 9.47. The number of urea groups is 1. The van der Waals surface area contributed by atoms with Gasteiger partial charge in [-0.3, -0.25) is 19.8 Å². The van der Waals surface area contributed by atoms with Crippen molar-refractivity contribution in [2.24, 2.45) is 0 Å². The largest absolute Gasteiger partial charge is 0.378 e. The Morgan fingerprint density at radius 3 is 2.33 bits per heavy atom. The molecule has 2 saturated heterocycles. The highest BCUT2D eigenvalue weighted by Gasteiger charge is 2.40. The van der Waals surface area contributed by atoms with Crippen LogP contribution in [0, 0.1) is 0 Å². The Bertz CT molecular complexity index is 775. The van der Waals surface area contributed by atoms with Crippen LogP contribution in [0.3, 0.4) is 0 Å². The van der Waals surface area contributed by atoms with Gasteiger partial charge in [-0.25, -0.2) is 4.79 Å². The molecule has 0 unspecified atom stereocenters. The molecule has 3 fully saturated rings. The summed E-state index contributed by atoms with van der Waals surface area (Å²) in [5.41, 5.74) is 1.86. The number of carbonyl (C=O) groups is 3. The van der Waals surface area contributed by atoms with Crippen molar-refractivity contribution in [1.82, 2.24) is 10.2 Å². The molecule has 0 bridgehead atoms. The molecule has 1 N–H and O–H groups in total. The van der Waals surface area contributed by atoms with E-state index in [0.717, 1.165) is 50.0 Å². The Morgan fingerprint density at radius 1 is 1.00 bits per heavy atom. The van der Waals surface area contributed by atoms with Gasteiger partial charge in [-0.15, -0.1) is 0 Å². The normalized spacial score (nSPS) is 23.3. The topological polar surface area (TPSA) is 79.0 Å². The molecule has 0 radical (unpaired) electrons. The van der Waals surface area contributed by atoms with Gasteiger partial charge in [-0.2, -0.15) is 0 Å². The number of benzene rings is 1. The molecule has 7 nitrogen and oxygen atoms in total. The Labute approximate surface area is 158 Å². The number of ether oxygens (including phenoxy) is 1. The fourth-order valence-electron chi connectivity index (χ4n) is 3.93. The molecule has 0 spiro atoms. The molecule has 1 saturated carbocycles. The Balaban J connectivity index is 1.55. The molecule has 27 heavy (non-hydrogen) atoms. The van der Waals surface area contributed by atoms with Gasteiger partial charge >= 0.3 is 6.03 Å². The molecule has 2 heterocycles. The third kappa shape index (κ3) is 3.60. The Kier molecular flexibility index (Phi) is 4.94. The second-order valence-corrected chi connectivity index (χ2v) is 7.12. The molecule has 0 aromatic heterocycles. The van der Waals surface area contributed by atoms with E-state index < -0.39 is 17.8 Å². The van der Waals surface area contributed by atoms with Crippen LogP contribution in [0.15, 0.2) is 29.8 Å². The number of hydrogen-bond acceptors (Lipinski definition) is 5. The van der Waals surface area contributed by atoms with Gasteiger partial charge in [0.2, 0.25) is 0 Å². The number of hydrogen-bond donors (Lipinski definition) is 1. The minimum atomic E-state index is -0.628. The summed E-state index contributed by atoms with van der Waals surface area (Å²) in [6.45, 7) is 3.12. The maximum absolute atomic E-state index is 12.8. The van der Waals surface area contributed by atoms with Gasteiger partial charge < -0.3 is 9.64 Å². The van der Waals surface area contributed by atoms with E-state index in [4.69, 9.17) is 4.74 Å². The number of anilines is 1. The maximum Gasteiger partial charge on any atom is 0.331 e. The second kappa shape index (κ2) is 7.52. The van der Waals surface area contributed by atoms with Crippen LogP contribution in [0.2, 0.25) is 0 Å². The zero-order valence-corrected chi connectivity index (χ0v) is 15.1. The van der Waals surface area contributed by atoms with Crippen molar-refractivity contribution in [3.8, 4) is 0 Å². The molecule has 1 aromatic rings. The first kappa shape index (κ1) is 17.7. The van der Waals surface area contributed by atoms with Crippen molar-refractivity contribution in [1.29, 1.82) is 0 Å². The predicted molar refractivity (Wildman–Crippen MR) is 100 cm³/mol. The minimum absolute atomic E-state index is 0.0145. The molecule has 3 aliphatic rings. The van der Waals surface area contributed by atoms with E-state index in [1.165, 1.54) is 4.90 Å². The Hall–Kier alpha value is -2.67. The van der Waals surface area contributed by atoms with Crippen molar-refractivity contribution < 1.29 is 19.1 Å². The molecule has 4 rings (SSSR count). The van der Waals surface area contributed by atoms with Gasteiger partial charge in [0.15, 0.2) is 0 Å². The molecule has 1 aromatic carbocycles. The number of imide groups is 2. The molecule has 4 amide bonds. The molecular formula is C20H23N3O4. The molecule has 1 aliphatic carbocycles. The lowest BCUT2D eigenvalue weighted by Crippen LogP contribution is -2.57. The van der Waals surface area contributed by atoms with Gasteiger partial charge in [0.1, 0.15) is 5.57 Å². The highest BCUT2D eigenvalue weighted by atomic mass is 16.5. The summed E-state index contributed by atoms with van der Waals surface area (Å²) in [5, 5.41) is 2.31. The van der Waals surface area contributed by atoms with Crippen molar-refractivity contribution >= 4 is 29.6 Å². The van der Waals surface area contributed by atoms with Gasteiger partial charge in [-0.1, -0.05) is 25.0 Å². The van der Waals surface area contributed by atoms with Crippen LogP contribution in [0.4, 0.5) is 10.5 Å². The molecule has 7 heteroatoms. The lowest BCUT2D eigenvalue weighted by Gasteiger charge is -2.31. The third-order valence-electron chi connectivity index (χ3n) is 5.40. The first-order chi connectivity index (χ1) is 13.1. The number of amides is 4. The van der Waals surface area contributed by atoms with Gasteiger partial charge in [0, 0.05) is 24.8 Å². The van der Waals surface area contributed by atoms with Crippen LogP contribution in [-0.2, 0) is 14.3 Å². The van der Waals surface area contributed by atoms with E-state index in [1.807, 2.05) is 24.3 Å². The van der Waals surface area contributed by atoms with E-state index in [9.17, 15) is 14.4 Å². The molecule has 0 atom stereocenters. The van der Waals surface area contributed by atoms with E-state index in [1.54, 1.807) is 6.08 Å². The molecule has 2 aliphatic heterocycles. The standard InChI is InChI=1S/C20H23N3O4/c24-18-17(19(25)23(20(26)21-18)16-3-1-2-4-16)13-14-5-7-15(8-6-14)22-9-11-27-12-10-22/h5-8,13,16H,1-4,9-12H2,(H,21,24,26). The van der Waals surface area contributed by atoms with E-state index in [2.05, 4.69) is 10.2 Å². The number of barbiturate groups is 1. The zero-order valence-electron chi connectivity index (χ0n) is 15.1. The quantitative estimate of drug-likeness (QED) is 0.651.